The number of allylic oxidation sites excluding steroid dienone is 4. The minimum Gasteiger partial charge on any atom is -0.476 e. The molecule has 1 N–H and O–H groups in total. The quantitative estimate of drug-likeness (QED) is 0.783. The van der Waals surface area contributed by atoms with Gasteiger partial charge in [0.1, 0.15) is 5.76 Å². The van der Waals surface area contributed by atoms with Crippen LogP contribution in [0, 0.1) is 0 Å². The van der Waals surface area contributed by atoms with Crippen molar-refractivity contribution in [1.29, 1.82) is 0 Å². The summed E-state index contributed by atoms with van der Waals surface area (Å²) in [6.45, 7) is 2.94. The molecule has 0 radical (unpaired) electrons. The Balaban J connectivity index is 2.57. The number of ether oxygens (including phenoxy) is 1. The maximum absolute atomic E-state index is 11.7. The molecule has 1 aromatic heterocycles. The number of carboxylic acids is 1. The Morgan fingerprint density at radius 2 is 2.24 bits per heavy atom. The van der Waals surface area contributed by atoms with E-state index < -0.39 is 18.9 Å². The van der Waals surface area contributed by atoms with Crippen molar-refractivity contribution in [2.45, 2.75) is 12.8 Å². The monoisotopic (exact) mass is 303 g/mol. The summed E-state index contributed by atoms with van der Waals surface area (Å²) in [5.41, 5.74) is 0.397. The number of halogens is 3. The van der Waals surface area contributed by atoms with Gasteiger partial charge >= 0.3 is 12.3 Å². The third-order valence-electron chi connectivity index (χ3n) is 2.21. The molecule has 5 nitrogen and oxygen atoms in total. The maximum Gasteiger partial charge on any atom is 0.522 e. The largest absolute Gasteiger partial charge is 0.522 e. The van der Waals surface area contributed by atoms with Crippen molar-refractivity contribution in [3.8, 4) is 0 Å². The minimum absolute atomic E-state index is 0.217. The summed E-state index contributed by atoms with van der Waals surface area (Å²) >= 11 is 0. The van der Waals surface area contributed by atoms with E-state index in [0.717, 1.165) is 0 Å². The first-order valence-corrected chi connectivity index (χ1v) is 5.69. The Kier molecular flexibility index (Phi) is 5.92. The second-order valence-corrected chi connectivity index (χ2v) is 3.79. The van der Waals surface area contributed by atoms with E-state index >= 15 is 0 Å². The van der Waals surface area contributed by atoms with Crippen LogP contribution in [0.15, 0.2) is 47.0 Å². The molecule has 0 aliphatic heterocycles. The van der Waals surface area contributed by atoms with Crippen LogP contribution in [-0.4, -0.2) is 29.2 Å². The Morgan fingerprint density at radius 1 is 1.52 bits per heavy atom. The minimum atomic E-state index is -4.66. The standard InChI is InChI=1S/C13H12F3NO4/c1-2-9(5-3-4-6-20-13(14,15)16)7-10-8-11(12(18)19)17-21-10/h2-5,8H,1,6-7H2,(H,18,19)/b4-3-,9-5+. The van der Waals surface area contributed by atoms with Gasteiger partial charge in [-0.2, -0.15) is 0 Å². The first-order valence-electron chi connectivity index (χ1n) is 5.69. The fraction of sp³-hybridized carbons (Fsp3) is 0.231. The average Bonchev–Trinajstić information content (AvgIpc) is 2.84. The maximum atomic E-state index is 11.7. The van der Waals surface area contributed by atoms with Gasteiger partial charge in [0, 0.05) is 12.5 Å². The highest BCUT2D eigenvalue weighted by Gasteiger charge is 2.27. The molecule has 0 aliphatic rings. The van der Waals surface area contributed by atoms with E-state index in [9.17, 15) is 18.0 Å². The van der Waals surface area contributed by atoms with Gasteiger partial charge in [-0.05, 0) is 5.57 Å². The summed E-state index contributed by atoms with van der Waals surface area (Å²) in [6.07, 6.45) is 1.08. The Bertz CT molecular complexity index is 558. The molecule has 0 aromatic carbocycles. The number of nitrogens with zero attached hydrogens (tertiary/aromatic N) is 1. The molecule has 0 atom stereocenters. The zero-order chi connectivity index (χ0) is 15.9. The highest BCUT2D eigenvalue weighted by atomic mass is 19.4. The van der Waals surface area contributed by atoms with E-state index in [1.165, 1.54) is 30.4 Å². The third kappa shape index (κ3) is 6.57. The highest BCUT2D eigenvalue weighted by molar-refractivity contribution is 5.85. The molecule has 114 valence electrons. The Morgan fingerprint density at radius 3 is 2.76 bits per heavy atom. The molecule has 0 fully saturated rings. The third-order valence-corrected chi connectivity index (χ3v) is 2.21. The number of carboxylic acid groups (broad SMARTS) is 1. The summed E-state index contributed by atoms with van der Waals surface area (Å²) < 4.78 is 43.5. The number of hydrogen-bond donors (Lipinski definition) is 1. The molecule has 0 saturated carbocycles. The molecule has 1 rings (SSSR count). The van der Waals surface area contributed by atoms with Gasteiger partial charge in [0.05, 0.1) is 6.61 Å². The normalized spacial score (nSPS) is 12.8. The van der Waals surface area contributed by atoms with E-state index in [1.807, 2.05) is 0 Å². The van der Waals surface area contributed by atoms with Gasteiger partial charge in [-0.3, -0.25) is 4.74 Å². The van der Waals surface area contributed by atoms with E-state index in [0.29, 0.717) is 11.3 Å². The average molecular weight is 303 g/mol. The van der Waals surface area contributed by atoms with E-state index in [1.54, 1.807) is 0 Å². The van der Waals surface area contributed by atoms with Crippen LogP contribution in [0.3, 0.4) is 0 Å². The Labute approximate surface area is 118 Å². The predicted molar refractivity (Wildman–Crippen MR) is 66.6 cm³/mol. The summed E-state index contributed by atoms with van der Waals surface area (Å²) in [4.78, 5) is 10.6. The first kappa shape index (κ1) is 16.7. The fourth-order valence-electron chi connectivity index (χ4n) is 1.29. The van der Waals surface area contributed by atoms with Crippen LogP contribution in [0.4, 0.5) is 13.2 Å². The van der Waals surface area contributed by atoms with Gasteiger partial charge < -0.3 is 9.63 Å². The van der Waals surface area contributed by atoms with Crippen molar-refractivity contribution in [3.05, 3.63) is 54.0 Å². The summed E-state index contributed by atoms with van der Waals surface area (Å²) in [6, 6.07) is 1.26. The molecule has 0 spiro atoms. The van der Waals surface area contributed by atoms with Crippen LogP contribution in [0.5, 0.6) is 0 Å². The predicted octanol–water partition coefficient (Wildman–Crippen LogP) is 3.12. The molecule has 0 saturated heterocycles. The number of aromatic nitrogens is 1. The van der Waals surface area contributed by atoms with Crippen LogP contribution >= 0.6 is 0 Å². The van der Waals surface area contributed by atoms with Gasteiger partial charge in [-0.1, -0.05) is 36.0 Å². The van der Waals surface area contributed by atoms with E-state index in [-0.39, 0.29) is 12.1 Å². The van der Waals surface area contributed by atoms with Crippen molar-refractivity contribution >= 4 is 5.97 Å². The lowest BCUT2D eigenvalue weighted by molar-refractivity contribution is -0.319. The van der Waals surface area contributed by atoms with E-state index in [2.05, 4.69) is 16.5 Å². The van der Waals surface area contributed by atoms with Crippen LogP contribution in [0.25, 0.3) is 0 Å². The second-order valence-electron chi connectivity index (χ2n) is 3.79. The topological polar surface area (TPSA) is 72.6 Å². The molecule has 1 aromatic rings. The van der Waals surface area contributed by atoms with Crippen LogP contribution in [-0.2, 0) is 11.2 Å². The smallest absolute Gasteiger partial charge is 0.476 e. The molecule has 0 unspecified atom stereocenters. The molecular formula is C13H12F3NO4. The van der Waals surface area contributed by atoms with Gasteiger partial charge in [0.25, 0.3) is 0 Å². The number of aromatic carboxylic acids is 1. The van der Waals surface area contributed by atoms with Crippen LogP contribution in [0.2, 0.25) is 0 Å². The second kappa shape index (κ2) is 7.44. The van der Waals surface area contributed by atoms with Crippen molar-refractivity contribution in [3.63, 3.8) is 0 Å². The lowest BCUT2D eigenvalue weighted by Crippen LogP contribution is -2.12. The number of carbonyl (C=O) groups is 1. The first-order chi connectivity index (χ1) is 9.81. The van der Waals surface area contributed by atoms with Gasteiger partial charge in [0.2, 0.25) is 0 Å². The lowest BCUT2D eigenvalue weighted by atomic mass is 10.1. The number of alkyl halides is 3. The molecule has 21 heavy (non-hydrogen) atoms. The molecule has 1 heterocycles. The van der Waals surface area contributed by atoms with Crippen LogP contribution < -0.4 is 0 Å². The summed E-state index contributed by atoms with van der Waals surface area (Å²) in [5, 5.41) is 12.0. The fourth-order valence-corrected chi connectivity index (χ4v) is 1.29. The molecule has 0 amide bonds. The van der Waals surface area contributed by atoms with Gasteiger partial charge in [-0.15, -0.1) is 13.2 Å². The number of rotatable bonds is 7. The lowest BCUT2D eigenvalue weighted by Gasteiger charge is -2.03. The zero-order valence-electron chi connectivity index (χ0n) is 10.8. The van der Waals surface area contributed by atoms with Gasteiger partial charge in [-0.25, -0.2) is 4.79 Å². The molecule has 0 bridgehead atoms. The molecular weight excluding hydrogens is 291 g/mol. The zero-order valence-corrected chi connectivity index (χ0v) is 10.8. The highest BCUT2D eigenvalue weighted by Crippen LogP contribution is 2.15. The molecule has 0 aliphatic carbocycles. The van der Waals surface area contributed by atoms with Gasteiger partial charge in [0.15, 0.2) is 5.69 Å². The summed E-state index contributed by atoms with van der Waals surface area (Å²) in [7, 11) is 0. The van der Waals surface area contributed by atoms with E-state index in [4.69, 9.17) is 9.63 Å². The Hall–Kier alpha value is -2.35. The summed E-state index contributed by atoms with van der Waals surface area (Å²) in [5.74, 6) is -0.906. The van der Waals surface area contributed by atoms with Crippen molar-refractivity contribution in [1.82, 2.24) is 5.16 Å². The SMILES string of the molecule is C=C/C(=C\C=C/COC(F)(F)F)Cc1cc(C(=O)O)no1. The molecule has 8 heteroatoms. The van der Waals surface area contributed by atoms with Crippen molar-refractivity contribution in [2.24, 2.45) is 0 Å². The van der Waals surface area contributed by atoms with Crippen molar-refractivity contribution < 1.29 is 32.3 Å². The number of hydrogen-bond acceptors (Lipinski definition) is 4. The van der Waals surface area contributed by atoms with Crippen LogP contribution in [0.1, 0.15) is 16.2 Å². The van der Waals surface area contributed by atoms with Crippen molar-refractivity contribution in [2.75, 3.05) is 6.61 Å².